The van der Waals surface area contributed by atoms with Crippen molar-refractivity contribution < 1.29 is 9.47 Å². The molecule has 3 nitrogen and oxygen atoms in total. The summed E-state index contributed by atoms with van der Waals surface area (Å²) >= 11 is 0. The molecule has 1 aliphatic heterocycles. The Labute approximate surface area is 103 Å². The van der Waals surface area contributed by atoms with Crippen molar-refractivity contribution in [1.82, 2.24) is 5.32 Å². The van der Waals surface area contributed by atoms with E-state index in [1.165, 1.54) is 24.0 Å². The van der Waals surface area contributed by atoms with Crippen molar-refractivity contribution in [3.05, 3.63) is 35.4 Å². The second kappa shape index (κ2) is 6.74. The van der Waals surface area contributed by atoms with Gasteiger partial charge in [-0.15, -0.1) is 0 Å². The van der Waals surface area contributed by atoms with Gasteiger partial charge in [-0.05, 0) is 24.0 Å². The Hall–Kier alpha value is -0.900. The number of hydrogen-bond donors (Lipinski definition) is 1. The molecule has 1 aromatic carbocycles. The monoisotopic (exact) mass is 235 g/mol. The van der Waals surface area contributed by atoms with E-state index < -0.39 is 0 Å². The molecule has 1 fully saturated rings. The fourth-order valence-electron chi connectivity index (χ4n) is 2.08. The summed E-state index contributed by atoms with van der Waals surface area (Å²) in [5, 5.41) is 3.53. The third-order valence-electron chi connectivity index (χ3n) is 3.09. The summed E-state index contributed by atoms with van der Waals surface area (Å²) in [6.07, 6.45) is 2.40. The number of hydrogen-bond acceptors (Lipinski definition) is 3. The van der Waals surface area contributed by atoms with Crippen LogP contribution >= 0.6 is 0 Å². The number of benzene rings is 1. The largest absolute Gasteiger partial charge is 0.380 e. The highest BCUT2D eigenvalue weighted by Gasteiger charge is 2.12. The van der Waals surface area contributed by atoms with E-state index in [9.17, 15) is 0 Å². The van der Waals surface area contributed by atoms with Crippen LogP contribution in [0.2, 0.25) is 0 Å². The first-order valence-electron chi connectivity index (χ1n) is 6.26. The molecule has 0 bridgehead atoms. The summed E-state index contributed by atoms with van der Waals surface area (Å²) in [5.74, 6) is 0. The number of ether oxygens (including phenoxy) is 2. The van der Waals surface area contributed by atoms with E-state index >= 15 is 0 Å². The fourth-order valence-corrected chi connectivity index (χ4v) is 2.08. The lowest BCUT2D eigenvalue weighted by Crippen LogP contribution is -2.36. The molecule has 94 valence electrons. The summed E-state index contributed by atoms with van der Waals surface area (Å²) in [7, 11) is 1.72. The first-order chi connectivity index (χ1) is 8.38. The van der Waals surface area contributed by atoms with Gasteiger partial charge in [0.05, 0.1) is 13.2 Å². The third-order valence-corrected chi connectivity index (χ3v) is 3.09. The molecule has 0 aliphatic carbocycles. The van der Waals surface area contributed by atoms with E-state index in [1.54, 1.807) is 7.11 Å². The molecule has 3 heteroatoms. The zero-order chi connectivity index (χ0) is 11.9. The molecular formula is C14H21NO2. The second-order valence-electron chi connectivity index (χ2n) is 4.54. The van der Waals surface area contributed by atoms with Crippen molar-refractivity contribution in [2.45, 2.75) is 32.0 Å². The zero-order valence-corrected chi connectivity index (χ0v) is 10.4. The van der Waals surface area contributed by atoms with Crippen molar-refractivity contribution >= 4 is 0 Å². The van der Waals surface area contributed by atoms with Crippen molar-refractivity contribution in [3.63, 3.8) is 0 Å². The highest BCUT2D eigenvalue weighted by molar-refractivity contribution is 5.21. The summed E-state index contributed by atoms with van der Waals surface area (Å²) in [6.45, 7) is 3.37. The van der Waals surface area contributed by atoms with Crippen LogP contribution in [0.25, 0.3) is 0 Å². The first-order valence-corrected chi connectivity index (χ1v) is 6.26. The van der Waals surface area contributed by atoms with Gasteiger partial charge in [-0.1, -0.05) is 24.3 Å². The minimum absolute atomic E-state index is 0.516. The maximum Gasteiger partial charge on any atom is 0.0713 e. The Morgan fingerprint density at radius 3 is 2.71 bits per heavy atom. The molecule has 1 heterocycles. The normalized spacial score (nSPS) is 20.4. The van der Waals surface area contributed by atoms with Crippen molar-refractivity contribution in [2.24, 2.45) is 0 Å². The summed E-state index contributed by atoms with van der Waals surface area (Å²) in [4.78, 5) is 0. The molecule has 0 amide bonds. The molecule has 1 unspecified atom stereocenters. The molecule has 1 atom stereocenters. The fraction of sp³-hybridized carbons (Fsp3) is 0.571. The van der Waals surface area contributed by atoms with Crippen LogP contribution < -0.4 is 5.32 Å². The Morgan fingerprint density at radius 2 is 2.06 bits per heavy atom. The van der Waals surface area contributed by atoms with Gasteiger partial charge in [0, 0.05) is 26.3 Å². The molecule has 2 rings (SSSR count). The predicted octanol–water partition coefficient (Wildman–Crippen LogP) is 2.10. The van der Waals surface area contributed by atoms with Gasteiger partial charge in [-0.3, -0.25) is 0 Å². The van der Waals surface area contributed by atoms with E-state index in [4.69, 9.17) is 9.47 Å². The van der Waals surface area contributed by atoms with Gasteiger partial charge in [0.15, 0.2) is 0 Å². The van der Waals surface area contributed by atoms with Gasteiger partial charge < -0.3 is 14.8 Å². The lowest BCUT2D eigenvalue weighted by Gasteiger charge is -2.23. The van der Waals surface area contributed by atoms with Gasteiger partial charge in [0.25, 0.3) is 0 Å². The Bertz CT molecular complexity index is 317. The van der Waals surface area contributed by atoms with Gasteiger partial charge in [0.2, 0.25) is 0 Å². The average molecular weight is 235 g/mol. The second-order valence-corrected chi connectivity index (χ2v) is 4.54. The molecule has 0 aromatic heterocycles. The van der Waals surface area contributed by atoms with Gasteiger partial charge >= 0.3 is 0 Å². The molecule has 17 heavy (non-hydrogen) atoms. The molecule has 1 aromatic rings. The van der Waals surface area contributed by atoms with Crippen molar-refractivity contribution in [3.8, 4) is 0 Å². The van der Waals surface area contributed by atoms with Crippen LogP contribution in [0.15, 0.2) is 24.3 Å². The Kier molecular flexibility index (Phi) is 4.98. The Balaban J connectivity index is 1.77. The highest BCUT2D eigenvalue weighted by Crippen LogP contribution is 2.09. The molecule has 1 saturated heterocycles. The number of methoxy groups -OCH3 is 1. The average Bonchev–Trinajstić information content (AvgIpc) is 2.40. The van der Waals surface area contributed by atoms with Crippen LogP contribution in [0, 0.1) is 0 Å². The van der Waals surface area contributed by atoms with Crippen LogP contribution in [0.1, 0.15) is 24.0 Å². The first kappa shape index (κ1) is 12.6. The summed E-state index contributed by atoms with van der Waals surface area (Å²) in [6, 6.07) is 9.08. The SMILES string of the molecule is COCc1ccc(CNC2CCCOC2)cc1. The standard InChI is InChI=1S/C14H21NO2/c1-16-10-13-6-4-12(5-7-13)9-15-14-3-2-8-17-11-14/h4-7,14-15H,2-3,8-11H2,1H3. The lowest BCUT2D eigenvalue weighted by molar-refractivity contribution is 0.0699. The van der Waals surface area contributed by atoms with E-state index in [1.807, 2.05) is 0 Å². The maximum absolute atomic E-state index is 5.44. The molecule has 0 spiro atoms. The van der Waals surface area contributed by atoms with Crippen LogP contribution in [0.5, 0.6) is 0 Å². The number of rotatable bonds is 5. The van der Waals surface area contributed by atoms with Crippen LogP contribution in [-0.4, -0.2) is 26.4 Å². The highest BCUT2D eigenvalue weighted by atomic mass is 16.5. The van der Waals surface area contributed by atoms with E-state index in [0.29, 0.717) is 12.6 Å². The van der Waals surface area contributed by atoms with E-state index in [2.05, 4.69) is 29.6 Å². The van der Waals surface area contributed by atoms with Crippen LogP contribution in [-0.2, 0) is 22.6 Å². The number of nitrogens with one attached hydrogen (secondary N) is 1. The van der Waals surface area contributed by atoms with E-state index in [0.717, 1.165) is 19.8 Å². The summed E-state index contributed by atoms with van der Waals surface area (Å²) < 4.78 is 10.5. The van der Waals surface area contributed by atoms with Gasteiger partial charge in [0.1, 0.15) is 0 Å². The molecule has 1 N–H and O–H groups in total. The van der Waals surface area contributed by atoms with Crippen LogP contribution in [0.3, 0.4) is 0 Å². The minimum atomic E-state index is 0.516. The van der Waals surface area contributed by atoms with Crippen molar-refractivity contribution in [1.29, 1.82) is 0 Å². The quantitative estimate of drug-likeness (QED) is 0.848. The van der Waals surface area contributed by atoms with E-state index in [-0.39, 0.29) is 0 Å². The predicted molar refractivity (Wildman–Crippen MR) is 67.8 cm³/mol. The summed E-state index contributed by atoms with van der Waals surface area (Å²) in [5.41, 5.74) is 2.53. The molecule has 1 aliphatic rings. The zero-order valence-electron chi connectivity index (χ0n) is 10.4. The maximum atomic E-state index is 5.44. The molecule has 0 radical (unpaired) electrons. The molecular weight excluding hydrogens is 214 g/mol. The topological polar surface area (TPSA) is 30.5 Å². The minimum Gasteiger partial charge on any atom is -0.380 e. The van der Waals surface area contributed by atoms with Crippen LogP contribution in [0.4, 0.5) is 0 Å². The van der Waals surface area contributed by atoms with Gasteiger partial charge in [-0.25, -0.2) is 0 Å². The smallest absolute Gasteiger partial charge is 0.0713 e. The van der Waals surface area contributed by atoms with Gasteiger partial charge in [-0.2, -0.15) is 0 Å². The lowest BCUT2D eigenvalue weighted by atomic mass is 10.1. The third kappa shape index (κ3) is 4.11. The Morgan fingerprint density at radius 1 is 1.29 bits per heavy atom. The molecule has 0 saturated carbocycles. The van der Waals surface area contributed by atoms with Crippen molar-refractivity contribution in [2.75, 3.05) is 20.3 Å².